The maximum absolute atomic E-state index is 12.9. The third-order valence-electron chi connectivity index (χ3n) is 5.44. The quantitative estimate of drug-likeness (QED) is 0.384. The predicted molar refractivity (Wildman–Crippen MR) is 131 cm³/mol. The highest BCUT2D eigenvalue weighted by atomic mass is 16.7. The van der Waals surface area contributed by atoms with Crippen LogP contribution in [0.2, 0.25) is 0 Å². The van der Waals surface area contributed by atoms with Crippen LogP contribution < -0.4 is 16.1 Å². The number of carbonyl (C=O) groups excluding carboxylic acids is 2. The van der Waals surface area contributed by atoms with Gasteiger partial charge in [0.05, 0.1) is 5.39 Å². The number of amides is 3. The van der Waals surface area contributed by atoms with Crippen LogP contribution in [-0.4, -0.2) is 23.3 Å². The Balaban J connectivity index is 1.31. The van der Waals surface area contributed by atoms with Gasteiger partial charge in [0, 0.05) is 17.7 Å². The molecule has 2 heterocycles. The Morgan fingerprint density at radius 1 is 0.944 bits per heavy atom. The maximum atomic E-state index is 12.9. The number of hydrogen-bond acceptors (Lipinski definition) is 7. The lowest BCUT2D eigenvalue weighted by Gasteiger charge is -2.12. The molecule has 3 N–H and O–H groups in total. The van der Waals surface area contributed by atoms with E-state index in [-0.39, 0.29) is 28.2 Å². The molecule has 0 fully saturated rings. The van der Waals surface area contributed by atoms with E-state index in [9.17, 15) is 19.5 Å². The third-order valence-corrected chi connectivity index (χ3v) is 5.44. The molecule has 3 aromatic carbocycles. The van der Waals surface area contributed by atoms with Crippen LogP contribution in [0.4, 0.5) is 10.5 Å². The van der Waals surface area contributed by atoms with Crippen LogP contribution in [0.1, 0.15) is 21.7 Å². The summed E-state index contributed by atoms with van der Waals surface area (Å²) in [4.78, 5) is 37.3. The zero-order chi connectivity index (χ0) is 25.1. The summed E-state index contributed by atoms with van der Waals surface area (Å²) in [5.41, 5.74) is 0.989. The number of imide groups is 1. The number of rotatable bonds is 5. The van der Waals surface area contributed by atoms with Gasteiger partial charge in [-0.15, -0.1) is 0 Å². The lowest BCUT2D eigenvalue weighted by atomic mass is 10.1. The maximum Gasteiger partial charge on any atom is 0.326 e. The summed E-state index contributed by atoms with van der Waals surface area (Å²) in [6, 6.07) is 21.4. The Morgan fingerprint density at radius 2 is 1.67 bits per heavy atom. The van der Waals surface area contributed by atoms with Gasteiger partial charge in [-0.05, 0) is 35.9 Å². The van der Waals surface area contributed by atoms with Crippen molar-refractivity contribution < 1.29 is 28.6 Å². The molecule has 1 atom stereocenters. The van der Waals surface area contributed by atoms with E-state index >= 15 is 0 Å². The van der Waals surface area contributed by atoms with Crippen molar-refractivity contribution in [2.45, 2.75) is 12.7 Å². The molecule has 9 heteroatoms. The van der Waals surface area contributed by atoms with E-state index in [2.05, 4.69) is 10.6 Å². The fraction of sp³-hybridized carbons (Fsp3) is 0.0741. The fourth-order valence-corrected chi connectivity index (χ4v) is 3.70. The molecule has 0 aliphatic carbocycles. The van der Waals surface area contributed by atoms with Gasteiger partial charge in [0.1, 0.15) is 11.8 Å². The molecule has 4 aromatic rings. The molecule has 3 amide bonds. The average molecular weight is 484 g/mol. The highest BCUT2D eigenvalue weighted by molar-refractivity contribution is 6.08. The first-order valence-corrected chi connectivity index (χ1v) is 11.0. The molecule has 1 aliphatic rings. The van der Waals surface area contributed by atoms with Crippen molar-refractivity contribution in [3.63, 3.8) is 0 Å². The average Bonchev–Trinajstić information content (AvgIpc) is 3.35. The number of carbonyl (C=O) groups is 2. The summed E-state index contributed by atoms with van der Waals surface area (Å²) in [6.45, 7) is 0. The number of hydrogen-bond donors (Lipinski definition) is 3. The lowest BCUT2D eigenvalue weighted by molar-refractivity contribution is -0.0146. The van der Waals surface area contributed by atoms with Gasteiger partial charge in [0.15, 0.2) is 0 Å². The Bertz CT molecular complexity index is 1530. The molecular formula is C27H20N2O7. The summed E-state index contributed by atoms with van der Waals surface area (Å²) in [6.07, 6.45) is 1.12. The van der Waals surface area contributed by atoms with Crippen molar-refractivity contribution in [1.29, 1.82) is 0 Å². The van der Waals surface area contributed by atoms with Crippen molar-refractivity contribution in [2.75, 3.05) is 5.32 Å². The van der Waals surface area contributed by atoms with Crippen LogP contribution in [0.3, 0.4) is 0 Å². The molecule has 5 rings (SSSR count). The largest absolute Gasteiger partial charge is 0.501 e. The van der Waals surface area contributed by atoms with Gasteiger partial charge < -0.3 is 24.3 Å². The lowest BCUT2D eigenvalue weighted by Crippen LogP contribution is -2.34. The summed E-state index contributed by atoms with van der Waals surface area (Å²) in [5, 5.41) is 15.3. The van der Waals surface area contributed by atoms with Gasteiger partial charge in [-0.25, -0.2) is 4.79 Å². The monoisotopic (exact) mass is 484 g/mol. The minimum atomic E-state index is -0.778. The number of nitrogens with one attached hydrogen (secondary N) is 2. The summed E-state index contributed by atoms with van der Waals surface area (Å²) in [5.74, 6) is -1.30. The van der Waals surface area contributed by atoms with E-state index < -0.39 is 29.4 Å². The van der Waals surface area contributed by atoms with Gasteiger partial charge in [0.2, 0.25) is 29.0 Å². The van der Waals surface area contributed by atoms with E-state index in [4.69, 9.17) is 13.9 Å². The molecule has 0 saturated heterocycles. The van der Waals surface area contributed by atoms with E-state index in [0.29, 0.717) is 12.0 Å². The molecule has 0 radical (unpaired) electrons. The Hall–Kier alpha value is -5.05. The van der Waals surface area contributed by atoms with Crippen LogP contribution >= 0.6 is 0 Å². The molecule has 9 nitrogen and oxygen atoms in total. The van der Waals surface area contributed by atoms with Crippen molar-refractivity contribution >= 4 is 34.4 Å². The molecule has 36 heavy (non-hydrogen) atoms. The number of urea groups is 1. The Kier molecular flexibility index (Phi) is 6.10. The summed E-state index contributed by atoms with van der Waals surface area (Å²) >= 11 is 0. The van der Waals surface area contributed by atoms with Crippen LogP contribution in [0.5, 0.6) is 5.75 Å². The Morgan fingerprint density at radius 3 is 2.42 bits per heavy atom. The second-order valence-corrected chi connectivity index (χ2v) is 7.95. The van der Waals surface area contributed by atoms with Crippen LogP contribution in [-0.2, 0) is 15.9 Å². The highest BCUT2D eigenvalue weighted by Gasteiger charge is 2.27. The molecule has 0 bridgehead atoms. The number of fused-ring (bicyclic) bond motifs is 1. The second-order valence-electron chi connectivity index (χ2n) is 7.95. The number of benzene rings is 3. The van der Waals surface area contributed by atoms with Crippen molar-refractivity contribution in [2.24, 2.45) is 0 Å². The van der Waals surface area contributed by atoms with E-state index in [1.807, 2.05) is 30.3 Å². The van der Waals surface area contributed by atoms with E-state index in [1.165, 1.54) is 24.5 Å². The van der Waals surface area contributed by atoms with E-state index in [1.54, 1.807) is 30.3 Å². The first-order chi connectivity index (χ1) is 17.5. The third kappa shape index (κ3) is 4.76. The van der Waals surface area contributed by atoms with Gasteiger partial charge >= 0.3 is 6.03 Å². The van der Waals surface area contributed by atoms with Gasteiger partial charge in [-0.1, -0.05) is 48.5 Å². The zero-order valence-electron chi connectivity index (χ0n) is 18.8. The smallest absolute Gasteiger partial charge is 0.326 e. The normalized spacial score (nSPS) is 14.4. The zero-order valence-corrected chi connectivity index (χ0v) is 18.8. The summed E-state index contributed by atoms with van der Waals surface area (Å²) in [7, 11) is 0. The molecule has 1 aliphatic heterocycles. The minimum Gasteiger partial charge on any atom is -0.501 e. The molecule has 0 saturated carbocycles. The highest BCUT2D eigenvalue weighted by Crippen LogP contribution is 2.33. The van der Waals surface area contributed by atoms with Crippen molar-refractivity contribution in [1.82, 2.24) is 5.32 Å². The summed E-state index contributed by atoms with van der Waals surface area (Å²) < 4.78 is 17.0. The molecule has 1 aromatic heterocycles. The van der Waals surface area contributed by atoms with Gasteiger partial charge in [-0.3, -0.25) is 14.9 Å². The van der Waals surface area contributed by atoms with Crippen molar-refractivity contribution in [3.8, 4) is 5.75 Å². The Labute approximate surface area is 204 Å². The van der Waals surface area contributed by atoms with Crippen LogP contribution in [0.25, 0.3) is 16.7 Å². The first kappa shape index (κ1) is 22.7. The molecule has 1 unspecified atom stereocenters. The number of ether oxygens (including phenoxy) is 2. The molecular weight excluding hydrogens is 464 g/mol. The van der Waals surface area contributed by atoms with Crippen LogP contribution in [0.15, 0.2) is 94.3 Å². The number of anilines is 1. The fourth-order valence-electron chi connectivity index (χ4n) is 3.70. The van der Waals surface area contributed by atoms with Gasteiger partial charge in [0.25, 0.3) is 5.91 Å². The number of aromatic hydroxyl groups is 1. The van der Waals surface area contributed by atoms with Gasteiger partial charge in [-0.2, -0.15) is 0 Å². The standard InChI is InChI=1S/C27H20N2O7/c30-23-19-14-18(28-27(33)29-26(32)17-9-5-2-6-10-17)11-12-20(19)36-25(24(23)31)21-15-34-22(35-21)13-16-7-3-1-4-8-16/h1-12,14-15,22,31H,13H2,(H2,28,29,32,33). The molecule has 180 valence electrons. The second kappa shape index (κ2) is 9.67. The van der Waals surface area contributed by atoms with E-state index in [0.717, 1.165) is 5.56 Å². The van der Waals surface area contributed by atoms with Crippen molar-refractivity contribution in [3.05, 3.63) is 112 Å². The first-order valence-electron chi connectivity index (χ1n) is 11.0. The molecule has 0 spiro atoms. The minimum absolute atomic E-state index is 0.0313. The SMILES string of the molecule is O=C(NC(=O)c1ccccc1)Nc1ccc2oc(C3=COC(Cc4ccccc4)O3)c(O)c(=O)c2c1. The topological polar surface area (TPSA) is 127 Å². The van der Waals surface area contributed by atoms with Crippen LogP contribution in [0, 0.1) is 0 Å². The predicted octanol–water partition coefficient (Wildman–Crippen LogP) is 4.37.